The second-order valence-electron chi connectivity index (χ2n) is 5.98. The summed E-state index contributed by atoms with van der Waals surface area (Å²) in [5, 5.41) is 19.6. The second-order valence-corrected chi connectivity index (χ2v) is 6.39. The van der Waals surface area contributed by atoms with E-state index in [9.17, 15) is 14.4 Å². The minimum Gasteiger partial charge on any atom is -0.481 e. The summed E-state index contributed by atoms with van der Waals surface area (Å²) < 4.78 is 0. The first kappa shape index (κ1) is 18.6. The summed E-state index contributed by atoms with van der Waals surface area (Å²) in [5.41, 5.74) is 1.67. The summed E-state index contributed by atoms with van der Waals surface area (Å²) in [6, 6.07) is 12.3. The molecule has 3 N–H and O–H groups in total. The molecule has 0 saturated carbocycles. The van der Waals surface area contributed by atoms with Gasteiger partial charge in [0.15, 0.2) is 0 Å². The highest BCUT2D eigenvalue weighted by atomic mass is 35.5. The van der Waals surface area contributed by atoms with Crippen LogP contribution < -0.4 is 10.9 Å². The Kier molecular flexibility index (Phi) is 5.52. The van der Waals surface area contributed by atoms with Crippen molar-refractivity contribution in [2.75, 3.05) is 5.32 Å². The molecule has 0 atom stereocenters. The summed E-state index contributed by atoms with van der Waals surface area (Å²) in [6.45, 7) is 0. The summed E-state index contributed by atoms with van der Waals surface area (Å²) in [7, 11) is 0. The van der Waals surface area contributed by atoms with Crippen molar-refractivity contribution in [1.82, 2.24) is 10.2 Å². The van der Waals surface area contributed by atoms with Gasteiger partial charge in [-0.2, -0.15) is 5.10 Å². The summed E-state index contributed by atoms with van der Waals surface area (Å²) in [6.07, 6.45) is 0.0326. The molecule has 27 heavy (non-hydrogen) atoms. The Balaban J connectivity index is 1.85. The smallest absolute Gasteiger partial charge is 0.303 e. The molecule has 0 spiro atoms. The maximum absolute atomic E-state index is 11.9. The van der Waals surface area contributed by atoms with Gasteiger partial charge in [-0.05, 0) is 23.8 Å². The lowest BCUT2D eigenvalue weighted by molar-refractivity contribution is -0.138. The van der Waals surface area contributed by atoms with E-state index in [1.165, 1.54) is 0 Å². The summed E-state index contributed by atoms with van der Waals surface area (Å²) >= 11 is 6.13. The van der Waals surface area contributed by atoms with Crippen LogP contribution in [0.15, 0.2) is 47.3 Å². The third-order valence-corrected chi connectivity index (χ3v) is 4.35. The molecular formula is C19H16ClN3O4. The minimum atomic E-state index is -1.04. The largest absolute Gasteiger partial charge is 0.481 e. The first-order valence-electron chi connectivity index (χ1n) is 8.20. The van der Waals surface area contributed by atoms with Crippen molar-refractivity contribution in [2.45, 2.75) is 19.3 Å². The highest BCUT2D eigenvalue weighted by molar-refractivity contribution is 6.33. The molecule has 0 aliphatic carbocycles. The van der Waals surface area contributed by atoms with Gasteiger partial charge in [0.25, 0.3) is 5.56 Å². The van der Waals surface area contributed by atoms with Gasteiger partial charge in [0.05, 0.1) is 28.2 Å². The van der Waals surface area contributed by atoms with E-state index >= 15 is 0 Å². The van der Waals surface area contributed by atoms with Gasteiger partial charge in [-0.1, -0.05) is 35.9 Å². The molecule has 0 radical (unpaired) electrons. The van der Waals surface area contributed by atoms with Crippen molar-refractivity contribution in [3.8, 4) is 0 Å². The number of carboxylic acid groups (broad SMARTS) is 1. The lowest BCUT2D eigenvalue weighted by atomic mass is 10.0. The Bertz CT molecular complexity index is 1080. The van der Waals surface area contributed by atoms with Crippen LogP contribution in [0.2, 0.25) is 5.02 Å². The highest BCUT2D eigenvalue weighted by Gasteiger charge is 2.11. The van der Waals surface area contributed by atoms with Crippen molar-refractivity contribution in [2.24, 2.45) is 0 Å². The Morgan fingerprint density at radius 2 is 1.85 bits per heavy atom. The molecule has 0 saturated heterocycles. The van der Waals surface area contributed by atoms with Crippen molar-refractivity contribution in [3.63, 3.8) is 0 Å². The predicted molar refractivity (Wildman–Crippen MR) is 102 cm³/mol. The van der Waals surface area contributed by atoms with Crippen LogP contribution >= 0.6 is 11.6 Å². The molecule has 2 aromatic carbocycles. The zero-order chi connectivity index (χ0) is 19.4. The average molecular weight is 386 g/mol. The zero-order valence-electron chi connectivity index (χ0n) is 14.2. The number of aliphatic carboxylic acids is 1. The molecule has 0 aliphatic rings. The van der Waals surface area contributed by atoms with Crippen LogP contribution in [0.3, 0.4) is 0 Å². The number of carboxylic acids is 1. The maximum Gasteiger partial charge on any atom is 0.303 e. The van der Waals surface area contributed by atoms with Crippen molar-refractivity contribution < 1.29 is 14.7 Å². The number of carbonyl (C=O) groups is 2. The Labute approximate surface area is 159 Å². The normalized spacial score (nSPS) is 10.7. The number of aromatic nitrogens is 2. The van der Waals surface area contributed by atoms with E-state index in [0.717, 1.165) is 10.9 Å². The Morgan fingerprint density at radius 1 is 1.11 bits per heavy atom. The van der Waals surface area contributed by atoms with Gasteiger partial charge in [0.2, 0.25) is 5.91 Å². The summed E-state index contributed by atoms with van der Waals surface area (Å²) in [5.74, 6) is -1.47. The lowest BCUT2D eigenvalue weighted by Gasteiger charge is -2.10. The molecule has 0 fully saturated rings. The van der Waals surface area contributed by atoms with Crippen LogP contribution in [0, 0.1) is 0 Å². The number of nitrogens with one attached hydrogen (secondary N) is 2. The maximum atomic E-state index is 11.9. The Hall–Kier alpha value is -3.19. The van der Waals surface area contributed by atoms with Gasteiger partial charge in [-0.3, -0.25) is 14.4 Å². The van der Waals surface area contributed by atoms with Crippen LogP contribution in [-0.4, -0.2) is 27.2 Å². The molecule has 138 valence electrons. The monoisotopic (exact) mass is 385 g/mol. The fraction of sp³-hybridized carbons (Fsp3) is 0.158. The SMILES string of the molecule is O=C(O)CCC(=O)Nc1cc(Cc2n[nH]c(=O)c3ccccc23)ccc1Cl. The molecule has 0 unspecified atom stereocenters. The molecule has 7 nitrogen and oxygen atoms in total. The van der Waals surface area contributed by atoms with Gasteiger partial charge >= 0.3 is 5.97 Å². The number of benzene rings is 2. The highest BCUT2D eigenvalue weighted by Crippen LogP contribution is 2.25. The van der Waals surface area contributed by atoms with E-state index in [4.69, 9.17) is 16.7 Å². The first-order valence-corrected chi connectivity index (χ1v) is 8.58. The number of anilines is 1. The second kappa shape index (κ2) is 8.01. The van der Waals surface area contributed by atoms with Gasteiger partial charge in [0, 0.05) is 18.2 Å². The molecule has 1 heterocycles. The number of fused-ring (bicyclic) bond motifs is 1. The van der Waals surface area contributed by atoms with Crippen LogP contribution in [0.1, 0.15) is 24.1 Å². The fourth-order valence-corrected chi connectivity index (χ4v) is 2.88. The molecule has 0 bridgehead atoms. The number of halogens is 1. The Morgan fingerprint density at radius 3 is 2.59 bits per heavy atom. The van der Waals surface area contributed by atoms with E-state index in [2.05, 4.69) is 15.5 Å². The molecule has 1 amide bonds. The minimum absolute atomic E-state index is 0.137. The third kappa shape index (κ3) is 4.51. The lowest BCUT2D eigenvalue weighted by Crippen LogP contribution is -2.14. The molecule has 1 aromatic heterocycles. The van der Waals surface area contributed by atoms with Gasteiger partial charge in [-0.25, -0.2) is 5.10 Å². The van der Waals surface area contributed by atoms with Crippen molar-refractivity contribution in [1.29, 1.82) is 0 Å². The van der Waals surface area contributed by atoms with Crippen LogP contribution in [0.4, 0.5) is 5.69 Å². The predicted octanol–water partition coefficient (Wildman–Crippen LogP) is 2.97. The topological polar surface area (TPSA) is 112 Å². The summed E-state index contributed by atoms with van der Waals surface area (Å²) in [4.78, 5) is 34.3. The quantitative estimate of drug-likeness (QED) is 0.603. The van der Waals surface area contributed by atoms with E-state index in [0.29, 0.717) is 28.2 Å². The van der Waals surface area contributed by atoms with Crippen LogP contribution in [0.25, 0.3) is 10.8 Å². The van der Waals surface area contributed by atoms with Crippen molar-refractivity contribution >= 4 is 39.9 Å². The standard InChI is InChI=1S/C19H16ClN3O4/c20-14-6-5-11(10-16(14)21-17(24)7-8-18(25)26)9-15-12-3-1-2-4-13(12)19(27)23-22-15/h1-6,10H,7-9H2,(H,21,24)(H,23,27)(H,25,26). The average Bonchev–Trinajstić information content (AvgIpc) is 2.65. The number of carbonyl (C=O) groups excluding carboxylic acids is 1. The number of hydrogen-bond donors (Lipinski definition) is 3. The third-order valence-electron chi connectivity index (χ3n) is 4.02. The molecule has 3 rings (SSSR count). The first-order chi connectivity index (χ1) is 12.9. The number of aromatic amines is 1. The van der Waals surface area contributed by atoms with Gasteiger partial charge in [0.1, 0.15) is 0 Å². The molecule has 8 heteroatoms. The van der Waals surface area contributed by atoms with Crippen LogP contribution in [-0.2, 0) is 16.0 Å². The fourth-order valence-electron chi connectivity index (χ4n) is 2.71. The molecular weight excluding hydrogens is 370 g/mol. The number of amides is 1. The van der Waals surface area contributed by atoms with E-state index in [-0.39, 0.29) is 18.4 Å². The number of hydrogen-bond acceptors (Lipinski definition) is 4. The zero-order valence-corrected chi connectivity index (χ0v) is 14.9. The molecule has 3 aromatic rings. The number of nitrogens with zero attached hydrogens (tertiary/aromatic N) is 1. The van der Waals surface area contributed by atoms with E-state index < -0.39 is 11.9 Å². The number of rotatable bonds is 6. The van der Waals surface area contributed by atoms with Gasteiger partial charge in [-0.15, -0.1) is 0 Å². The molecule has 0 aliphatic heterocycles. The van der Waals surface area contributed by atoms with Crippen LogP contribution in [0.5, 0.6) is 0 Å². The van der Waals surface area contributed by atoms with E-state index in [1.807, 2.05) is 12.1 Å². The van der Waals surface area contributed by atoms with Gasteiger partial charge < -0.3 is 10.4 Å². The van der Waals surface area contributed by atoms with E-state index in [1.54, 1.807) is 30.3 Å². The van der Waals surface area contributed by atoms with Crippen molar-refractivity contribution in [3.05, 3.63) is 69.1 Å². The number of H-pyrrole nitrogens is 1.